The van der Waals surface area contributed by atoms with Crippen LogP contribution in [0.1, 0.15) is 25.0 Å². The van der Waals surface area contributed by atoms with Gasteiger partial charge in [0.2, 0.25) is 0 Å². The first-order valence-electron chi connectivity index (χ1n) is 6.42. The molecule has 3 unspecified atom stereocenters. The summed E-state index contributed by atoms with van der Waals surface area (Å²) in [5.74, 6) is 0.558. The van der Waals surface area contributed by atoms with Crippen molar-refractivity contribution >= 4 is 11.6 Å². The maximum atomic E-state index is 10.0. The molecule has 0 radical (unpaired) electrons. The lowest BCUT2D eigenvalue weighted by atomic mass is 10.0. The number of hydrogen-bond acceptors (Lipinski definition) is 3. The first-order chi connectivity index (χ1) is 8.66. The van der Waals surface area contributed by atoms with Crippen molar-refractivity contribution < 1.29 is 9.84 Å². The lowest BCUT2D eigenvalue weighted by molar-refractivity contribution is 0.103. The average Bonchev–Trinajstić information content (AvgIpc) is 2.76. The van der Waals surface area contributed by atoms with E-state index in [1.807, 2.05) is 12.1 Å². The minimum Gasteiger partial charge on any atom is -0.387 e. The van der Waals surface area contributed by atoms with Crippen molar-refractivity contribution in [1.29, 1.82) is 0 Å². The zero-order valence-corrected chi connectivity index (χ0v) is 11.4. The van der Waals surface area contributed by atoms with Gasteiger partial charge in [0.1, 0.15) is 0 Å². The molecule has 1 fully saturated rings. The Balaban J connectivity index is 1.74. The van der Waals surface area contributed by atoms with Crippen LogP contribution in [0.15, 0.2) is 24.3 Å². The minimum atomic E-state index is -0.486. The van der Waals surface area contributed by atoms with Gasteiger partial charge in [-0.1, -0.05) is 23.7 Å². The lowest BCUT2D eigenvalue weighted by Crippen LogP contribution is -2.30. The predicted octanol–water partition coefficient (Wildman–Crippen LogP) is 2.39. The number of halogens is 1. The van der Waals surface area contributed by atoms with Crippen molar-refractivity contribution in [2.75, 3.05) is 19.7 Å². The van der Waals surface area contributed by atoms with Crippen molar-refractivity contribution in [2.24, 2.45) is 5.92 Å². The van der Waals surface area contributed by atoms with Gasteiger partial charge in [0.05, 0.1) is 12.2 Å². The molecule has 1 aliphatic heterocycles. The summed E-state index contributed by atoms with van der Waals surface area (Å²) < 4.78 is 5.50. The molecule has 1 heterocycles. The molecule has 3 nitrogen and oxygen atoms in total. The van der Waals surface area contributed by atoms with Gasteiger partial charge < -0.3 is 15.2 Å². The SMILES string of the molecule is CC1OCCC1CNCC(O)c1ccc(Cl)cc1. The average molecular weight is 270 g/mol. The Hall–Kier alpha value is -0.610. The van der Waals surface area contributed by atoms with Gasteiger partial charge in [-0.15, -0.1) is 0 Å². The summed E-state index contributed by atoms with van der Waals surface area (Å²) in [6.07, 6.45) is 0.940. The number of nitrogens with one attached hydrogen (secondary N) is 1. The van der Waals surface area contributed by atoms with Gasteiger partial charge in [0.25, 0.3) is 0 Å². The largest absolute Gasteiger partial charge is 0.387 e. The van der Waals surface area contributed by atoms with Gasteiger partial charge in [0, 0.05) is 24.7 Å². The third kappa shape index (κ3) is 3.69. The van der Waals surface area contributed by atoms with Crippen LogP contribution >= 0.6 is 11.6 Å². The molecule has 0 spiro atoms. The van der Waals surface area contributed by atoms with Crippen LogP contribution in [-0.2, 0) is 4.74 Å². The van der Waals surface area contributed by atoms with E-state index < -0.39 is 6.10 Å². The Labute approximate surface area is 113 Å². The number of aliphatic hydroxyl groups is 1. The number of hydrogen-bond donors (Lipinski definition) is 2. The predicted molar refractivity (Wildman–Crippen MR) is 72.8 cm³/mol. The maximum absolute atomic E-state index is 10.0. The molecule has 18 heavy (non-hydrogen) atoms. The van der Waals surface area contributed by atoms with E-state index in [2.05, 4.69) is 12.2 Å². The fourth-order valence-corrected chi connectivity index (χ4v) is 2.38. The van der Waals surface area contributed by atoms with Gasteiger partial charge in [-0.2, -0.15) is 0 Å². The maximum Gasteiger partial charge on any atom is 0.0914 e. The monoisotopic (exact) mass is 269 g/mol. The summed E-state index contributed by atoms with van der Waals surface area (Å²) >= 11 is 5.81. The normalized spacial score (nSPS) is 25.3. The van der Waals surface area contributed by atoms with E-state index in [0.717, 1.165) is 25.1 Å². The van der Waals surface area contributed by atoms with Crippen molar-refractivity contribution in [3.05, 3.63) is 34.9 Å². The van der Waals surface area contributed by atoms with Crippen molar-refractivity contribution in [1.82, 2.24) is 5.32 Å². The molecular formula is C14H20ClNO2. The van der Waals surface area contributed by atoms with Gasteiger partial charge >= 0.3 is 0 Å². The van der Waals surface area contributed by atoms with Gasteiger partial charge in [-0.3, -0.25) is 0 Å². The Kier molecular flexibility index (Phi) is 5.01. The second kappa shape index (κ2) is 6.53. The molecule has 0 aromatic heterocycles. The molecule has 0 bridgehead atoms. The van der Waals surface area contributed by atoms with Crippen LogP contribution in [0.3, 0.4) is 0 Å². The molecule has 0 amide bonds. The Morgan fingerprint density at radius 1 is 1.44 bits per heavy atom. The van der Waals surface area contributed by atoms with Gasteiger partial charge in [-0.25, -0.2) is 0 Å². The topological polar surface area (TPSA) is 41.5 Å². The van der Waals surface area contributed by atoms with E-state index in [9.17, 15) is 5.11 Å². The standard InChI is InChI=1S/C14H20ClNO2/c1-10-12(6-7-18-10)8-16-9-14(17)11-2-4-13(15)5-3-11/h2-5,10,12,14,16-17H,6-9H2,1H3. The van der Waals surface area contributed by atoms with Crippen LogP contribution in [0, 0.1) is 5.92 Å². The summed E-state index contributed by atoms with van der Waals surface area (Å²) in [4.78, 5) is 0. The van der Waals surface area contributed by atoms with Gasteiger partial charge in [-0.05, 0) is 37.0 Å². The molecule has 1 aromatic carbocycles. The summed E-state index contributed by atoms with van der Waals surface area (Å²) in [6.45, 7) is 4.42. The zero-order valence-electron chi connectivity index (χ0n) is 10.6. The van der Waals surface area contributed by atoms with Crippen molar-refractivity contribution in [2.45, 2.75) is 25.6 Å². The van der Waals surface area contributed by atoms with E-state index in [0.29, 0.717) is 23.6 Å². The summed E-state index contributed by atoms with van der Waals surface area (Å²) in [6, 6.07) is 7.31. The summed E-state index contributed by atoms with van der Waals surface area (Å²) in [5.41, 5.74) is 0.891. The fourth-order valence-electron chi connectivity index (χ4n) is 2.25. The van der Waals surface area contributed by atoms with Crippen LogP contribution in [0.2, 0.25) is 5.02 Å². The third-order valence-corrected chi connectivity index (χ3v) is 3.78. The molecule has 0 saturated carbocycles. The Bertz CT molecular complexity index is 369. The Morgan fingerprint density at radius 3 is 2.78 bits per heavy atom. The van der Waals surface area contributed by atoms with Gasteiger partial charge in [0.15, 0.2) is 0 Å². The molecule has 1 aromatic rings. The fraction of sp³-hybridized carbons (Fsp3) is 0.571. The van der Waals surface area contributed by atoms with E-state index in [-0.39, 0.29) is 0 Å². The van der Waals surface area contributed by atoms with E-state index in [1.54, 1.807) is 12.1 Å². The molecule has 2 rings (SSSR count). The van der Waals surface area contributed by atoms with E-state index in [4.69, 9.17) is 16.3 Å². The quantitative estimate of drug-likeness (QED) is 0.862. The molecule has 1 aliphatic rings. The molecule has 3 atom stereocenters. The smallest absolute Gasteiger partial charge is 0.0914 e. The van der Waals surface area contributed by atoms with Crippen LogP contribution in [0.5, 0.6) is 0 Å². The molecule has 1 saturated heterocycles. The number of rotatable bonds is 5. The second-order valence-corrected chi connectivity index (χ2v) is 5.29. The number of aliphatic hydroxyl groups excluding tert-OH is 1. The van der Waals surface area contributed by atoms with Crippen LogP contribution < -0.4 is 5.32 Å². The Morgan fingerprint density at radius 2 is 2.17 bits per heavy atom. The molecular weight excluding hydrogens is 250 g/mol. The summed E-state index contributed by atoms with van der Waals surface area (Å²) in [7, 11) is 0. The molecule has 4 heteroatoms. The first kappa shape index (κ1) is 13.8. The molecule has 100 valence electrons. The highest BCUT2D eigenvalue weighted by molar-refractivity contribution is 6.30. The van der Waals surface area contributed by atoms with Crippen LogP contribution in [0.4, 0.5) is 0 Å². The van der Waals surface area contributed by atoms with Crippen LogP contribution in [-0.4, -0.2) is 30.9 Å². The third-order valence-electron chi connectivity index (χ3n) is 3.53. The second-order valence-electron chi connectivity index (χ2n) is 4.85. The van der Waals surface area contributed by atoms with Crippen LogP contribution in [0.25, 0.3) is 0 Å². The van der Waals surface area contributed by atoms with Crippen molar-refractivity contribution in [3.8, 4) is 0 Å². The van der Waals surface area contributed by atoms with Crippen molar-refractivity contribution in [3.63, 3.8) is 0 Å². The molecule has 2 N–H and O–H groups in total. The zero-order chi connectivity index (χ0) is 13.0. The number of benzene rings is 1. The number of ether oxygens (including phenoxy) is 1. The summed E-state index contributed by atoms with van der Waals surface area (Å²) in [5, 5.41) is 14.0. The lowest BCUT2D eigenvalue weighted by Gasteiger charge is -2.17. The highest BCUT2D eigenvalue weighted by atomic mass is 35.5. The minimum absolute atomic E-state index is 0.324. The highest BCUT2D eigenvalue weighted by Crippen LogP contribution is 2.20. The van der Waals surface area contributed by atoms with E-state index in [1.165, 1.54) is 0 Å². The molecule has 0 aliphatic carbocycles. The highest BCUT2D eigenvalue weighted by Gasteiger charge is 2.23. The van der Waals surface area contributed by atoms with E-state index >= 15 is 0 Å². The first-order valence-corrected chi connectivity index (χ1v) is 6.80.